The van der Waals surface area contributed by atoms with E-state index in [0.29, 0.717) is 41.6 Å². The number of hydrogen-bond acceptors (Lipinski definition) is 9. The minimum atomic E-state index is -0.546. The highest BCUT2D eigenvalue weighted by atomic mass is 16.5. The maximum atomic E-state index is 13.4. The van der Waals surface area contributed by atoms with Gasteiger partial charge in [0.1, 0.15) is 11.4 Å². The zero-order valence-corrected chi connectivity index (χ0v) is 29.3. The average molecular weight is 659 g/mol. The highest BCUT2D eigenvalue weighted by molar-refractivity contribution is 6.01. The van der Waals surface area contributed by atoms with Gasteiger partial charge in [0.15, 0.2) is 5.82 Å². The lowest BCUT2D eigenvalue weighted by atomic mass is 9.89. The number of carbonyl (C=O) groups is 2. The van der Waals surface area contributed by atoms with E-state index in [0.717, 1.165) is 55.9 Å². The summed E-state index contributed by atoms with van der Waals surface area (Å²) in [6, 6.07) is 6.65. The molecular formula is C37H54N8O3. The van der Waals surface area contributed by atoms with Crippen LogP contribution in [0.1, 0.15) is 88.4 Å². The number of anilines is 4. The lowest BCUT2D eigenvalue weighted by molar-refractivity contribution is -0.125. The van der Waals surface area contributed by atoms with Gasteiger partial charge in [0, 0.05) is 70.0 Å². The van der Waals surface area contributed by atoms with Crippen molar-refractivity contribution < 1.29 is 14.3 Å². The molecule has 0 bridgehead atoms. The number of fused-ring (bicyclic) bond motifs is 1. The molecule has 0 spiro atoms. The Kier molecular flexibility index (Phi) is 9.52. The summed E-state index contributed by atoms with van der Waals surface area (Å²) in [5, 5.41) is 6.63. The molecule has 11 heteroatoms. The van der Waals surface area contributed by atoms with Crippen molar-refractivity contribution in [3.8, 4) is 5.75 Å². The molecule has 0 radical (unpaired) electrons. The first-order valence-corrected chi connectivity index (χ1v) is 18.3. The predicted octanol–water partition coefficient (Wildman–Crippen LogP) is 5.05. The second-order valence-corrected chi connectivity index (χ2v) is 15.5. The Labute approximate surface area is 285 Å². The van der Waals surface area contributed by atoms with E-state index < -0.39 is 5.41 Å². The molecule has 0 atom stereocenters. The molecule has 48 heavy (non-hydrogen) atoms. The SMILES string of the molecule is COc1cc(C(=O)NC2CCC(N3CCN(CC4CC4)CC3)CC2)ccc1Nc1ncc2c(n1)N(C1CCCC1)CC(C)(C)C(=O)N2C. The highest BCUT2D eigenvalue weighted by Crippen LogP contribution is 2.41. The molecular weight excluding hydrogens is 604 g/mol. The summed E-state index contributed by atoms with van der Waals surface area (Å²) in [6.45, 7) is 10.7. The largest absolute Gasteiger partial charge is 0.495 e. The number of carbonyl (C=O) groups excluding carboxylic acids is 2. The molecule has 7 rings (SSSR count). The summed E-state index contributed by atoms with van der Waals surface area (Å²) in [7, 11) is 3.42. The fraction of sp³-hybridized carbons (Fsp3) is 0.676. The van der Waals surface area contributed by atoms with Crippen LogP contribution in [0.4, 0.5) is 23.1 Å². The zero-order valence-electron chi connectivity index (χ0n) is 29.3. The molecule has 2 aliphatic heterocycles. The van der Waals surface area contributed by atoms with E-state index in [-0.39, 0.29) is 17.9 Å². The Morgan fingerprint density at radius 3 is 2.40 bits per heavy atom. The molecule has 4 fully saturated rings. The van der Waals surface area contributed by atoms with Crippen LogP contribution in [0.15, 0.2) is 24.4 Å². The van der Waals surface area contributed by atoms with Crippen LogP contribution in [0.3, 0.4) is 0 Å². The van der Waals surface area contributed by atoms with E-state index in [4.69, 9.17) is 9.72 Å². The lowest BCUT2D eigenvalue weighted by Crippen LogP contribution is -2.52. The molecule has 1 saturated heterocycles. The fourth-order valence-corrected chi connectivity index (χ4v) is 8.41. The first-order valence-electron chi connectivity index (χ1n) is 18.3. The van der Waals surface area contributed by atoms with Crippen LogP contribution < -0.4 is 25.2 Å². The van der Waals surface area contributed by atoms with Gasteiger partial charge in [-0.15, -0.1) is 0 Å². The third-order valence-corrected chi connectivity index (χ3v) is 11.5. The third kappa shape index (κ3) is 7.13. The molecule has 3 saturated carbocycles. The minimum absolute atomic E-state index is 0.0644. The number of ether oxygens (including phenoxy) is 1. The number of methoxy groups -OCH3 is 1. The van der Waals surface area contributed by atoms with Crippen molar-refractivity contribution in [2.45, 2.75) is 96.2 Å². The van der Waals surface area contributed by atoms with Crippen molar-refractivity contribution >= 4 is 35.0 Å². The number of amides is 2. The van der Waals surface area contributed by atoms with Crippen LogP contribution in [0.25, 0.3) is 0 Å². The average Bonchev–Trinajstić information content (AvgIpc) is 3.76. The normalized spacial score (nSPS) is 25.5. The Bertz CT molecular complexity index is 1470. The molecule has 3 heterocycles. The lowest BCUT2D eigenvalue weighted by Gasteiger charge is -2.42. The number of nitrogens with zero attached hydrogens (tertiary/aromatic N) is 6. The Morgan fingerprint density at radius 2 is 1.71 bits per heavy atom. The zero-order chi connectivity index (χ0) is 33.4. The quantitative estimate of drug-likeness (QED) is 0.383. The molecule has 2 N–H and O–H groups in total. The van der Waals surface area contributed by atoms with Gasteiger partial charge in [-0.25, -0.2) is 4.98 Å². The number of rotatable bonds is 9. The van der Waals surface area contributed by atoms with Gasteiger partial charge in [-0.2, -0.15) is 4.98 Å². The number of benzene rings is 1. The molecule has 1 aromatic heterocycles. The molecule has 3 aliphatic carbocycles. The molecule has 2 aromatic rings. The summed E-state index contributed by atoms with van der Waals surface area (Å²) in [4.78, 5) is 45.7. The Balaban J connectivity index is 0.981. The van der Waals surface area contributed by atoms with Crippen molar-refractivity contribution in [3.63, 3.8) is 0 Å². The van der Waals surface area contributed by atoms with Gasteiger partial charge < -0.3 is 30.1 Å². The van der Waals surface area contributed by atoms with Crippen LogP contribution in [-0.4, -0.2) is 103 Å². The summed E-state index contributed by atoms with van der Waals surface area (Å²) in [5.74, 6) is 2.71. The molecule has 260 valence electrons. The van der Waals surface area contributed by atoms with E-state index in [9.17, 15) is 9.59 Å². The van der Waals surface area contributed by atoms with E-state index in [1.54, 1.807) is 24.3 Å². The fourth-order valence-electron chi connectivity index (χ4n) is 8.41. The van der Waals surface area contributed by atoms with Crippen LogP contribution in [-0.2, 0) is 4.79 Å². The number of piperazine rings is 1. The van der Waals surface area contributed by atoms with Crippen molar-refractivity contribution in [2.75, 3.05) is 68.5 Å². The van der Waals surface area contributed by atoms with E-state index in [2.05, 4.69) is 30.3 Å². The number of aromatic nitrogens is 2. The highest BCUT2D eigenvalue weighted by Gasteiger charge is 2.41. The smallest absolute Gasteiger partial charge is 0.251 e. The van der Waals surface area contributed by atoms with E-state index >= 15 is 0 Å². The van der Waals surface area contributed by atoms with Crippen molar-refractivity contribution in [2.24, 2.45) is 11.3 Å². The van der Waals surface area contributed by atoms with Gasteiger partial charge in [0.25, 0.3) is 5.91 Å². The van der Waals surface area contributed by atoms with Gasteiger partial charge in [0.2, 0.25) is 11.9 Å². The maximum absolute atomic E-state index is 13.4. The predicted molar refractivity (Wildman–Crippen MR) is 189 cm³/mol. The number of nitrogens with one attached hydrogen (secondary N) is 2. The van der Waals surface area contributed by atoms with Crippen molar-refractivity contribution in [1.82, 2.24) is 25.1 Å². The Hall–Kier alpha value is -3.44. The summed E-state index contributed by atoms with van der Waals surface area (Å²) < 4.78 is 5.73. The summed E-state index contributed by atoms with van der Waals surface area (Å²) in [5.41, 5.74) is 1.43. The van der Waals surface area contributed by atoms with Crippen LogP contribution in [0.2, 0.25) is 0 Å². The minimum Gasteiger partial charge on any atom is -0.495 e. The molecule has 2 amide bonds. The van der Waals surface area contributed by atoms with Gasteiger partial charge in [0.05, 0.1) is 24.4 Å². The van der Waals surface area contributed by atoms with Crippen LogP contribution >= 0.6 is 0 Å². The summed E-state index contributed by atoms with van der Waals surface area (Å²) >= 11 is 0. The molecule has 0 unspecified atom stereocenters. The monoisotopic (exact) mass is 658 g/mol. The topological polar surface area (TPSA) is 106 Å². The molecule has 11 nitrogen and oxygen atoms in total. The van der Waals surface area contributed by atoms with Gasteiger partial charge in [-0.05, 0) is 89.3 Å². The van der Waals surface area contributed by atoms with Crippen molar-refractivity contribution in [1.29, 1.82) is 0 Å². The van der Waals surface area contributed by atoms with E-state index in [1.165, 1.54) is 58.4 Å². The number of hydrogen-bond donors (Lipinski definition) is 2. The molecule has 1 aromatic carbocycles. The standard InChI is InChI=1S/C37H54N8O3/c1-37(2)24-45(29-7-5-6-8-29)33-31(42(3)35(37)47)22-38-36(41-33)40-30-16-11-26(21-32(30)48-4)34(46)39-27-12-14-28(15-13-27)44-19-17-43(18-20-44)23-25-9-10-25/h11,16,21-22,25,27-29H,5-10,12-15,17-20,23-24H2,1-4H3,(H,39,46)(H,38,40,41). The Morgan fingerprint density at radius 1 is 0.979 bits per heavy atom. The van der Waals surface area contributed by atoms with E-state index in [1.807, 2.05) is 33.0 Å². The summed E-state index contributed by atoms with van der Waals surface area (Å²) in [6.07, 6.45) is 13.5. The van der Waals surface area contributed by atoms with Gasteiger partial charge in [-0.3, -0.25) is 14.5 Å². The third-order valence-electron chi connectivity index (χ3n) is 11.5. The first-order chi connectivity index (χ1) is 23.2. The van der Waals surface area contributed by atoms with Crippen LogP contribution in [0.5, 0.6) is 5.75 Å². The molecule has 5 aliphatic rings. The van der Waals surface area contributed by atoms with Gasteiger partial charge in [-0.1, -0.05) is 12.8 Å². The van der Waals surface area contributed by atoms with Gasteiger partial charge >= 0.3 is 0 Å². The van der Waals surface area contributed by atoms with Crippen LogP contribution in [0, 0.1) is 11.3 Å². The first kappa shape index (κ1) is 33.1. The maximum Gasteiger partial charge on any atom is 0.251 e. The second kappa shape index (κ2) is 13.8. The van der Waals surface area contributed by atoms with Crippen molar-refractivity contribution in [3.05, 3.63) is 30.0 Å². The second-order valence-electron chi connectivity index (χ2n) is 15.5.